The quantitative estimate of drug-likeness (QED) is 0.735. The molecular formula is C9H13N3O. The Balaban J connectivity index is 2.98. The van der Waals surface area contributed by atoms with Crippen molar-refractivity contribution >= 4 is 5.91 Å². The Kier molecular flexibility index (Phi) is 2.95. The maximum absolute atomic E-state index is 11.2. The van der Waals surface area contributed by atoms with Crippen molar-refractivity contribution in [2.45, 2.75) is 19.8 Å². The molecule has 0 saturated carbocycles. The summed E-state index contributed by atoms with van der Waals surface area (Å²) in [5.74, 6) is 0.759. The molecule has 0 spiro atoms. The first-order valence-electron chi connectivity index (χ1n) is 4.20. The summed E-state index contributed by atoms with van der Waals surface area (Å²) >= 11 is 0. The summed E-state index contributed by atoms with van der Waals surface area (Å²) in [5, 5.41) is 2.52. The molecule has 0 unspecified atom stereocenters. The van der Waals surface area contributed by atoms with Crippen LogP contribution in [-0.2, 0) is 0 Å². The minimum absolute atomic E-state index is 0.177. The lowest BCUT2D eigenvalue weighted by molar-refractivity contribution is 0.0957. The molecule has 4 heteroatoms. The molecule has 0 aromatic carbocycles. The van der Waals surface area contributed by atoms with Crippen LogP contribution in [0.5, 0.6) is 0 Å². The van der Waals surface area contributed by atoms with Crippen LogP contribution in [0.15, 0.2) is 12.3 Å². The zero-order valence-corrected chi connectivity index (χ0v) is 8.03. The van der Waals surface area contributed by atoms with Crippen molar-refractivity contribution in [1.29, 1.82) is 0 Å². The summed E-state index contributed by atoms with van der Waals surface area (Å²) in [6, 6.07) is 1.60. The number of rotatable bonds is 2. The average Bonchev–Trinajstić information content (AvgIpc) is 2.17. The van der Waals surface area contributed by atoms with E-state index >= 15 is 0 Å². The van der Waals surface area contributed by atoms with Gasteiger partial charge in [0.25, 0.3) is 5.91 Å². The van der Waals surface area contributed by atoms with E-state index in [2.05, 4.69) is 15.3 Å². The predicted octanol–water partition coefficient (Wildman–Crippen LogP) is 0.960. The standard InChI is InChI=1S/C9H13N3O/c1-6(2)8-11-5-4-7(12-8)9(13)10-3/h4-6H,1-3H3,(H,10,13). The topological polar surface area (TPSA) is 54.9 Å². The smallest absolute Gasteiger partial charge is 0.269 e. The molecule has 1 amide bonds. The van der Waals surface area contributed by atoms with Crippen molar-refractivity contribution in [3.05, 3.63) is 23.8 Å². The molecular weight excluding hydrogens is 166 g/mol. The third-order valence-electron chi connectivity index (χ3n) is 1.65. The number of hydrogen-bond acceptors (Lipinski definition) is 3. The number of aromatic nitrogens is 2. The summed E-state index contributed by atoms with van der Waals surface area (Å²) in [4.78, 5) is 19.4. The number of amides is 1. The number of carbonyl (C=O) groups excluding carboxylic acids is 1. The first-order valence-corrected chi connectivity index (χ1v) is 4.20. The Hall–Kier alpha value is -1.45. The first-order chi connectivity index (χ1) is 6.15. The molecule has 1 heterocycles. The fraction of sp³-hybridized carbons (Fsp3) is 0.444. The number of nitrogens with zero attached hydrogens (tertiary/aromatic N) is 2. The molecule has 4 nitrogen and oxygen atoms in total. The van der Waals surface area contributed by atoms with Gasteiger partial charge in [0.15, 0.2) is 0 Å². The van der Waals surface area contributed by atoms with Gasteiger partial charge >= 0.3 is 0 Å². The fourth-order valence-corrected chi connectivity index (χ4v) is 0.906. The van der Waals surface area contributed by atoms with Crippen LogP contribution in [0.25, 0.3) is 0 Å². The van der Waals surface area contributed by atoms with E-state index in [1.54, 1.807) is 19.3 Å². The Bertz CT molecular complexity index is 309. The molecule has 1 N–H and O–H groups in total. The number of carbonyl (C=O) groups is 1. The molecule has 0 radical (unpaired) electrons. The molecule has 70 valence electrons. The van der Waals surface area contributed by atoms with Crippen LogP contribution in [0.4, 0.5) is 0 Å². The summed E-state index contributed by atoms with van der Waals surface area (Å²) in [7, 11) is 1.58. The maximum atomic E-state index is 11.2. The van der Waals surface area contributed by atoms with E-state index in [1.165, 1.54) is 0 Å². The molecule has 13 heavy (non-hydrogen) atoms. The van der Waals surface area contributed by atoms with Gasteiger partial charge < -0.3 is 5.32 Å². The Morgan fingerprint density at radius 1 is 1.54 bits per heavy atom. The number of nitrogens with one attached hydrogen (secondary N) is 1. The van der Waals surface area contributed by atoms with E-state index in [0.29, 0.717) is 11.5 Å². The lowest BCUT2D eigenvalue weighted by atomic mass is 10.2. The van der Waals surface area contributed by atoms with Crippen molar-refractivity contribution in [2.24, 2.45) is 0 Å². The van der Waals surface area contributed by atoms with Crippen LogP contribution >= 0.6 is 0 Å². The molecule has 1 aromatic rings. The summed E-state index contributed by atoms with van der Waals surface area (Å²) < 4.78 is 0. The van der Waals surface area contributed by atoms with Gasteiger partial charge in [-0.25, -0.2) is 9.97 Å². The van der Waals surface area contributed by atoms with Crippen LogP contribution in [0, 0.1) is 0 Å². The van der Waals surface area contributed by atoms with Gasteiger partial charge in [-0.05, 0) is 6.07 Å². The lowest BCUT2D eigenvalue weighted by Gasteiger charge is -2.04. The van der Waals surface area contributed by atoms with Gasteiger partial charge in [0, 0.05) is 19.2 Å². The minimum Gasteiger partial charge on any atom is -0.354 e. The van der Waals surface area contributed by atoms with E-state index < -0.39 is 0 Å². The van der Waals surface area contributed by atoms with Gasteiger partial charge in [0.05, 0.1) is 0 Å². The van der Waals surface area contributed by atoms with E-state index in [0.717, 1.165) is 0 Å². The minimum atomic E-state index is -0.177. The van der Waals surface area contributed by atoms with Crippen molar-refractivity contribution in [1.82, 2.24) is 15.3 Å². The molecule has 0 aliphatic heterocycles. The summed E-state index contributed by atoms with van der Waals surface area (Å²) in [6.45, 7) is 3.98. The molecule has 0 saturated heterocycles. The molecule has 1 rings (SSSR count). The van der Waals surface area contributed by atoms with Gasteiger partial charge in [0.1, 0.15) is 11.5 Å². The van der Waals surface area contributed by atoms with Gasteiger partial charge in [0.2, 0.25) is 0 Å². The number of hydrogen-bond donors (Lipinski definition) is 1. The van der Waals surface area contributed by atoms with Crippen LogP contribution < -0.4 is 5.32 Å². The third-order valence-corrected chi connectivity index (χ3v) is 1.65. The normalized spacial score (nSPS) is 10.2. The van der Waals surface area contributed by atoms with Crippen LogP contribution in [-0.4, -0.2) is 22.9 Å². The highest BCUT2D eigenvalue weighted by Crippen LogP contribution is 2.07. The highest BCUT2D eigenvalue weighted by atomic mass is 16.1. The summed E-state index contributed by atoms with van der Waals surface area (Å²) in [6.07, 6.45) is 1.60. The second kappa shape index (κ2) is 3.98. The average molecular weight is 179 g/mol. The monoisotopic (exact) mass is 179 g/mol. The molecule has 0 bridgehead atoms. The molecule has 0 aliphatic rings. The zero-order valence-electron chi connectivity index (χ0n) is 8.03. The Morgan fingerprint density at radius 3 is 2.77 bits per heavy atom. The Morgan fingerprint density at radius 2 is 2.23 bits per heavy atom. The van der Waals surface area contributed by atoms with Gasteiger partial charge in [-0.15, -0.1) is 0 Å². The lowest BCUT2D eigenvalue weighted by Crippen LogP contribution is -2.20. The predicted molar refractivity (Wildman–Crippen MR) is 49.5 cm³/mol. The molecule has 0 atom stereocenters. The Labute approximate surface area is 77.4 Å². The highest BCUT2D eigenvalue weighted by Gasteiger charge is 2.08. The van der Waals surface area contributed by atoms with Gasteiger partial charge in [-0.2, -0.15) is 0 Å². The fourth-order valence-electron chi connectivity index (χ4n) is 0.906. The molecule has 0 aliphatic carbocycles. The first kappa shape index (κ1) is 9.64. The largest absolute Gasteiger partial charge is 0.354 e. The molecule has 0 fully saturated rings. The zero-order chi connectivity index (χ0) is 9.84. The summed E-state index contributed by atoms with van der Waals surface area (Å²) in [5.41, 5.74) is 0.418. The molecule has 1 aromatic heterocycles. The van der Waals surface area contributed by atoms with E-state index in [9.17, 15) is 4.79 Å². The van der Waals surface area contributed by atoms with Crippen LogP contribution in [0.1, 0.15) is 36.1 Å². The van der Waals surface area contributed by atoms with Crippen molar-refractivity contribution in [3.8, 4) is 0 Å². The van der Waals surface area contributed by atoms with E-state index in [1.807, 2.05) is 13.8 Å². The highest BCUT2D eigenvalue weighted by molar-refractivity contribution is 5.91. The van der Waals surface area contributed by atoms with Gasteiger partial charge in [-0.3, -0.25) is 4.79 Å². The second-order valence-corrected chi connectivity index (χ2v) is 3.03. The van der Waals surface area contributed by atoms with Crippen LogP contribution in [0.3, 0.4) is 0 Å². The van der Waals surface area contributed by atoms with Crippen molar-refractivity contribution in [2.75, 3.05) is 7.05 Å². The van der Waals surface area contributed by atoms with E-state index in [4.69, 9.17) is 0 Å². The van der Waals surface area contributed by atoms with E-state index in [-0.39, 0.29) is 11.8 Å². The second-order valence-electron chi connectivity index (χ2n) is 3.03. The maximum Gasteiger partial charge on any atom is 0.269 e. The van der Waals surface area contributed by atoms with Gasteiger partial charge in [-0.1, -0.05) is 13.8 Å². The van der Waals surface area contributed by atoms with Crippen molar-refractivity contribution < 1.29 is 4.79 Å². The van der Waals surface area contributed by atoms with Crippen molar-refractivity contribution in [3.63, 3.8) is 0 Å². The SMILES string of the molecule is CNC(=O)c1ccnc(C(C)C)n1. The third kappa shape index (κ3) is 2.24. The van der Waals surface area contributed by atoms with Crippen LogP contribution in [0.2, 0.25) is 0 Å².